The zero-order valence-electron chi connectivity index (χ0n) is 11.1. The number of aldehydes is 1. The number of carbonyl (C=O) groups excluding carboxylic acids is 1. The van der Waals surface area contributed by atoms with Gasteiger partial charge in [0, 0.05) is 17.1 Å². The van der Waals surface area contributed by atoms with Gasteiger partial charge in [-0.1, -0.05) is 6.07 Å². The molecule has 3 aromatic rings. The second-order valence-electron chi connectivity index (χ2n) is 4.77. The van der Waals surface area contributed by atoms with Crippen molar-refractivity contribution in [1.29, 1.82) is 0 Å². The van der Waals surface area contributed by atoms with Crippen molar-refractivity contribution < 1.29 is 4.79 Å². The Morgan fingerprint density at radius 1 is 1.16 bits per heavy atom. The lowest BCUT2D eigenvalue weighted by molar-refractivity contribution is 0.111. The second-order valence-corrected chi connectivity index (χ2v) is 5.64. The van der Waals surface area contributed by atoms with Crippen LogP contribution in [0.1, 0.15) is 27.2 Å². The molecule has 0 unspecified atom stereocenters. The van der Waals surface area contributed by atoms with Crippen molar-refractivity contribution in [2.45, 2.75) is 20.8 Å². The maximum absolute atomic E-state index is 11.4. The molecule has 0 aliphatic carbocycles. The van der Waals surface area contributed by atoms with Crippen LogP contribution in [-0.4, -0.2) is 15.7 Å². The van der Waals surface area contributed by atoms with Crippen molar-refractivity contribution in [3.8, 4) is 11.3 Å². The van der Waals surface area contributed by atoms with E-state index in [0.717, 1.165) is 28.1 Å². The lowest BCUT2D eigenvalue weighted by Crippen LogP contribution is -1.94. The smallest absolute Gasteiger partial charge is 0.194 e. The molecule has 3 nitrogen and oxygen atoms in total. The molecule has 0 radical (unpaired) electrons. The minimum absolute atomic E-state index is 0.627. The average molecular weight is 270 g/mol. The Hall–Kier alpha value is -1.94. The van der Waals surface area contributed by atoms with E-state index in [0.29, 0.717) is 5.69 Å². The van der Waals surface area contributed by atoms with Crippen LogP contribution in [0.4, 0.5) is 0 Å². The van der Waals surface area contributed by atoms with Crippen molar-refractivity contribution >= 4 is 22.6 Å². The van der Waals surface area contributed by atoms with E-state index in [1.807, 2.05) is 16.0 Å². The lowest BCUT2D eigenvalue weighted by Gasteiger charge is -2.08. The fourth-order valence-corrected chi connectivity index (χ4v) is 3.05. The van der Waals surface area contributed by atoms with E-state index in [4.69, 9.17) is 0 Å². The number of carbonyl (C=O) groups is 1. The quantitative estimate of drug-likeness (QED) is 0.664. The predicted molar refractivity (Wildman–Crippen MR) is 78.1 cm³/mol. The largest absolute Gasteiger partial charge is 0.296 e. The van der Waals surface area contributed by atoms with Crippen molar-refractivity contribution in [2.75, 3.05) is 0 Å². The van der Waals surface area contributed by atoms with Crippen LogP contribution < -0.4 is 0 Å². The zero-order valence-corrected chi connectivity index (χ0v) is 11.9. The fourth-order valence-electron chi connectivity index (χ4n) is 2.33. The normalized spacial score (nSPS) is 11.1. The highest BCUT2D eigenvalue weighted by atomic mass is 32.1. The molecular formula is C15H14N2OS. The third-order valence-electron chi connectivity index (χ3n) is 3.51. The van der Waals surface area contributed by atoms with E-state index >= 15 is 0 Å². The van der Waals surface area contributed by atoms with E-state index in [1.165, 1.54) is 22.5 Å². The number of hydrogen-bond donors (Lipinski definition) is 0. The first-order valence-electron chi connectivity index (χ1n) is 6.10. The predicted octanol–water partition coefficient (Wildman–Crippen LogP) is 3.80. The number of hydrogen-bond acceptors (Lipinski definition) is 3. The SMILES string of the molecule is Cc1cc(C)c(-c2nc3sccn3c2C=O)cc1C. The molecule has 2 heterocycles. The first-order chi connectivity index (χ1) is 9.11. The third kappa shape index (κ3) is 1.79. The summed E-state index contributed by atoms with van der Waals surface area (Å²) >= 11 is 1.54. The molecule has 2 aromatic heterocycles. The lowest BCUT2D eigenvalue weighted by atomic mass is 9.98. The van der Waals surface area contributed by atoms with Gasteiger partial charge in [-0.3, -0.25) is 9.20 Å². The molecule has 3 rings (SSSR count). The maximum Gasteiger partial charge on any atom is 0.194 e. The molecule has 0 atom stereocenters. The van der Waals surface area contributed by atoms with Gasteiger partial charge in [0.2, 0.25) is 0 Å². The Morgan fingerprint density at radius 2 is 1.89 bits per heavy atom. The molecule has 0 saturated carbocycles. The summed E-state index contributed by atoms with van der Waals surface area (Å²) in [6.07, 6.45) is 2.77. The first-order valence-corrected chi connectivity index (χ1v) is 6.98. The molecule has 0 saturated heterocycles. The number of imidazole rings is 1. The van der Waals surface area contributed by atoms with Gasteiger partial charge in [0.15, 0.2) is 11.2 Å². The Balaban J connectivity index is 2.32. The summed E-state index contributed by atoms with van der Waals surface area (Å²) in [5, 5.41) is 1.94. The van der Waals surface area contributed by atoms with Crippen LogP contribution in [-0.2, 0) is 0 Å². The Bertz CT molecular complexity index is 783. The molecular weight excluding hydrogens is 256 g/mol. The van der Waals surface area contributed by atoms with Crippen LogP contribution in [0, 0.1) is 20.8 Å². The summed E-state index contributed by atoms with van der Waals surface area (Å²) in [6.45, 7) is 6.24. The molecule has 0 spiro atoms. The minimum atomic E-state index is 0.627. The van der Waals surface area contributed by atoms with Gasteiger partial charge in [0.1, 0.15) is 11.4 Å². The van der Waals surface area contributed by atoms with Gasteiger partial charge in [-0.05, 0) is 43.5 Å². The molecule has 0 fully saturated rings. The van der Waals surface area contributed by atoms with Gasteiger partial charge in [0.25, 0.3) is 0 Å². The van der Waals surface area contributed by atoms with E-state index in [2.05, 4.69) is 37.9 Å². The fraction of sp³-hybridized carbons (Fsp3) is 0.200. The highest BCUT2D eigenvalue weighted by Crippen LogP contribution is 2.29. The highest BCUT2D eigenvalue weighted by Gasteiger charge is 2.16. The van der Waals surface area contributed by atoms with Gasteiger partial charge < -0.3 is 0 Å². The van der Waals surface area contributed by atoms with Gasteiger partial charge in [-0.15, -0.1) is 11.3 Å². The number of rotatable bonds is 2. The van der Waals surface area contributed by atoms with Gasteiger partial charge in [-0.25, -0.2) is 4.98 Å². The van der Waals surface area contributed by atoms with Crippen molar-refractivity contribution in [1.82, 2.24) is 9.38 Å². The summed E-state index contributed by atoms with van der Waals surface area (Å²) in [6, 6.07) is 4.26. The monoisotopic (exact) mass is 270 g/mol. The van der Waals surface area contributed by atoms with Crippen LogP contribution >= 0.6 is 11.3 Å². The minimum Gasteiger partial charge on any atom is -0.296 e. The van der Waals surface area contributed by atoms with Crippen LogP contribution in [0.2, 0.25) is 0 Å². The summed E-state index contributed by atoms with van der Waals surface area (Å²) in [5.74, 6) is 0. The van der Waals surface area contributed by atoms with Gasteiger partial charge >= 0.3 is 0 Å². The molecule has 0 bridgehead atoms. The molecule has 0 aliphatic rings. The average Bonchev–Trinajstić information content (AvgIpc) is 2.93. The van der Waals surface area contributed by atoms with Crippen LogP contribution in [0.15, 0.2) is 23.7 Å². The second kappa shape index (κ2) is 4.31. The molecule has 1 aromatic carbocycles. The maximum atomic E-state index is 11.4. The Labute approximate surface area is 115 Å². The van der Waals surface area contributed by atoms with Crippen molar-refractivity contribution in [3.63, 3.8) is 0 Å². The number of nitrogens with zero attached hydrogens (tertiary/aromatic N) is 2. The number of benzene rings is 1. The summed E-state index contributed by atoms with van der Waals surface area (Å²) in [4.78, 5) is 16.8. The molecule has 0 N–H and O–H groups in total. The first kappa shape index (κ1) is 12.1. The zero-order chi connectivity index (χ0) is 13.6. The van der Waals surface area contributed by atoms with Crippen LogP contribution in [0.25, 0.3) is 16.2 Å². The Kier molecular flexibility index (Phi) is 2.75. The summed E-state index contributed by atoms with van der Waals surface area (Å²) < 4.78 is 1.85. The highest BCUT2D eigenvalue weighted by molar-refractivity contribution is 7.15. The van der Waals surface area contributed by atoms with Crippen LogP contribution in [0.3, 0.4) is 0 Å². The number of aryl methyl sites for hydroxylation is 3. The van der Waals surface area contributed by atoms with Crippen molar-refractivity contribution in [2.24, 2.45) is 0 Å². The van der Waals surface area contributed by atoms with Crippen molar-refractivity contribution in [3.05, 3.63) is 46.1 Å². The van der Waals surface area contributed by atoms with E-state index in [1.54, 1.807) is 0 Å². The molecule has 96 valence electrons. The summed E-state index contributed by atoms with van der Waals surface area (Å²) in [7, 11) is 0. The standard InChI is InChI=1S/C15H14N2OS/c1-9-6-11(3)12(7-10(9)2)14-13(8-18)17-4-5-19-15(17)16-14/h4-8H,1-3H3. The summed E-state index contributed by atoms with van der Waals surface area (Å²) in [5.41, 5.74) is 6.08. The van der Waals surface area contributed by atoms with E-state index in [9.17, 15) is 4.79 Å². The number of thiazole rings is 1. The molecule has 4 heteroatoms. The van der Waals surface area contributed by atoms with Gasteiger partial charge in [-0.2, -0.15) is 0 Å². The van der Waals surface area contributed by atoms with E-state index < -0.39 is 0 Å². The topological polar surface area (TPSA) is 34.4 Å². The van der Waals surface area contributed by atoms with Gasteiger partial charge in [0.05, 0.1) is 0 Å². The van der Waals surface area contributed by atoms with E-state index in [-0.39, 0.29) is 0 Å². The van der Waals surface area contributed by atoms with Crippen LogP contribution in [0.5, 0.6) is 0 Å². The molecule has 19 heavy (non-hydrogen) atoms. The number of aromatic nitrogens is 2. The Morgan fingerprint density at radius 3 is 2.63 bits per heavy atom. The number of fused-ring (bicyclic) bond motifs is 1. The molecule has 0 aliphatic heterocycles. The molecule has 0 amide bonds. The third-order valence-corrected chi connectivity index (χ3v) is 4.26.